The molecule has 0 saturated carbocycles. The lowest BCUT2D eigenvalue weighted by Crippen LogP contribution is -2.53. The molecular weight excluding hydrogens is 382 g/mol. The molecule has 1 aromatic heterocycles. The predicted octanol–water partition coefficient (Wildman–Crippen LogP) is 3.23. The first-order valence-corrected chi connectivity index (χ1v) is 10.3. The van der Waals surface area contributed by atoms with Crippen LogP contribution in [0.2, 0.25) is 0 Å². The van der Waals surface area contributed by atoms with Gasteiger partial charge in [0.05, 0.1) is 17.2 Å². The fourth-order valence-electron chi connectivity index (χ4n) is 3.93. The highest BCUT2D eigenvalue weighted by Crippen LogP contribution is 2.34. The number of fused-ring (bicyclic) bond motifs is 2. The summed E-state index contributed by atoms with van der Waals surface area (Å²) in [4.78, 5) is 23.8. The van der Waals surface area contributed by atoms with Crippen LogP contribution in [0.5, 0.6) is 17.4 Å². The SMILES string of the molecule is CC1Oc2ccccc2OC1C(=O)N1CCC(Oc2cnc3ccccc3n2)CC1. The second-order valence-electron chi connectivity index (χ2n) is 7.65. The van der Waals surface area contributed by atoms with Gasteiger partial charge in [0.2, 0.25) is 12.0 Å². The van der Waals surface area contributed by atoms with Crippen LogP contribution in [0.3, 0.4) is 0 Å². The lowest BCUT2D eigenvalue weighted by molar-refractivity contribution is -0.146. The van der Waals surface area contributed by atoms with Crippen molar-refractivity contribution in [2.24, 2.45) is 0 Å². The molecule has 2 aliphatic rings. The third-order valence-corrected chi connectivity index (χ3v) is 5.55. The van der Waals surface area contributed by atoms with Crippen molar-refractivity contribution in [3.05, 3.63) is 54.7 Å². The topological polar surface area (TPSA) is 73.8 Å². The van der Waals surface area contributed by atoms with E-state index in [1.807, 2.05) is 60.4 Å². The minimum atomic E-state index is -0.635. The smallest absolute Gasteiger partial charge is 0.267 e. The first-order chi connectivity index (χ1) is 14.7. The molecule has 2 unspecified atom stereocenters. The Labute approximate surface area is 174 Å². The molecule has 2 atom stereocenters. The number of hydrogen-bond donors (Lipinski definition) is 0. The summed E-state index contributed by atoms with van der Waals surface area (Å²) in [7, 11) is 0. The maximum absolute atomic E-state index is 13.0. The van der Waals surface area contributed by atoms with Gasteiger partial charge in [-0.2, -0.15) is 0 Å². The Kier molecular flexibility index (Phi) is 4.86. The molecule has 3 aromatic rings. The van der Waals surface area contributed by atoms with Crippen LogP contribution in [-0.2, 0) is 4.79 Å². The third kappa shape index (κ3) is 3.63. The maximum atomic E-state index is 13.0. The largest absolute Gasteiger partial charge is 0.482 e. The van der Waals surface area contributed by atoms with E-state index < -0.39 is 6.10 Å². The molecule has 1 amide bonds. The van der Waals surface area contributed by atoms with Gasteiger partial charge in [0.25, 0.3) is 5.91 Å². The van der Waals surface area contributed by atoms with Gasteiger partial charge in [-0.05, 0) is 31.2 Å². The molecule has 1 fully saturated rings. The Morgan fingerprint density at radius 1 is 1.00 bits per heavy atom. The van der Waals surface area contributed by atoms with Gasteiger partial charge in [-0.3, -0.25) is 4.79 Å². The standard InChI is InChI=1S/C23H23N3O4/c1-15-22(30-20-9-5-4-8-19(20)28-15)23(27)26-12-10-16(11-13-26)29-21-14-24-17-6-2-3-7-18(17)25-21/h2-9,14-16,22H,10-13H2,1H3. The summed E-state index contributed by atoms with van der Waals surface area (Å²) in [6, 6.07) is 15.2. The minimum Gasteiger partial charge on any atom is -0.482 e. The minimum absolute atomic E-state index is 0.00573. The second-order valence-corrected chi connectivity index (χ2v) is 7.65. The van der Waals surface area contributed by atoms with Crippen LogP contribution in [0.1, 0.15) is 19.8 Å². The average molecular weight is 405 g/mol. The Hall–Kier alpha value is -3.35. The number of amides is 1. The lowest BCUT2D eigenvalue weighted by atomic mass is 10.1. The number of benzene rings is 2. The normalized spacial score (nSPS) is 21.4. The number of para-hydroxylation sites is 4. The summed E-state index contributed by atoms with van der Waals surface area (Å²) in [6.45, 7) is 3.09. The number of ether oxygens (including phenoxy) is 3. The summed E-state index contributed by atoms with van der Waals surface area (Å²) < 4.78 is 17.9. The molecule has 30 heavy (non-hydrogen) atoms. The molecule has 5 rings (SSSR count). The zero-order chi connectivity index (χ0) is 20.5. The van der Waals surface area contributed by atoms with Gasteiger partial charge in [-0.15, -0.1) is 0 Å². The molecule has 0 radical (unpaired) electrons. The van der Waals surface area contributed by atoms with E-state index in [0.717, 1.165) is 23.9 Å². The van der Waals surface area contributed by atoms with E-state index in [2.05, 4.69) is 9.97 Å². The van der Waals surface area contributed by atoms with Crippen LogP contribution >= 0.6 is 0 Å². The molecule has 0 N–H and O–H groups in total. The van der Waals surface area contributed by atoms with Crippen LogP contribution in [0.15, 0.2) is 54.7 Å². The summed E-state index contributed by atoms with van der Waals surface area (Å²) in [5.74, 6) is 1.77. The van der Waals surface area contributed by atoms with Gasteiger partial charge in [-0.25, -0.2) is 9.97 Å². The fourth-order valence-corrected chi connectivity index (χ4v) is 3.93. The van der Waals surface area contributed by atoms with Crippen LogP contribution in [0, 0.1) is 0 Å². The summed E-state index contributed by atoms with van der Waals surface area (Å²) in [5.41, 5.74) is 1.65. The predicted molar refractivity (Wildman–Crippen MR) is 111 cm³/mol. The molecule has 1 saturated heterocycles. The first-order valence-electron chi connectivity index (χ1n) is 10.3. The van der Waals surface area contributed by atoms with Gasteiger partial charge in [0.1, 0.15) is 12.2 Å². The van der Waals surface area contributed by atoms with E-state index in [-0.39, 0.29) is 18.1 Å². The van der Waals surface area contributed by atoms with Crippen molar-refractivity contribution in [1.82, 2.24) is 14.9 Å². The molecule has 3 heterocycles. The Bertz CT molecular complexity index is 1070. The molecule has 7 nitrogen and oxygen atoms in total. The van der Waals surface area contributed by atoms with Crippen molar-refractivity contribution in [2.45, 2.75) is 38.1 Å². The number of piperidine rings is 1. The number of carbonyl (C=O) groups excluding carboxylic acids is 1. The van der Waals surface area contributed by atoms with Crippen molar-refractivity contribution in [3.8, 4) is 17.4 Å². The summed E-state index contributed by atoms with van der Waals surface area (Å²) >= 11 is 0. The Morgan fingerprint density at radius 2 is 1.67 bits per heavy atom. The zero-order valence-corrected chi connectivity index (χ0v) is 16.7. The molecule has 2 aromatic carbocycles. The first kappa shape index (κ1) is 18.7. The van der Waals surface area contributed by atoms with E-state index >= 15 is 0 Å². The molecule has 2 aliphatic heterocycles. The zero-order valence-electron chi connectivity index (χ0n) is 16.7. The van der Waals surface area contributed by atoms with Crippen LogP contribution < -0.4 is 14.2 Å². The number of aromatic nitrogens is 2. The highest BCUT2D eigenvalue weighted by Gasteiger charge is 2.38. The van der Waals surface area contributed by atoms with Crippen LogP contribution in [0.4, 0.5) is 0 Å². The average Bonchev–Trinajstić information content (AvgIpc) is 2.78. The lowest BCUT2D eigenvalue weighted by Gasteiger charge is -2.37. The van der Waals surface area contributed by atoms with Gasteiger partial charge in [-0.1, -0.05) is 24.3 Å². The monoisotopic (exact) mass is 405 g/mol. The van der Waals surface area contributed by atoms with Gasteiger partial charge in [0.15, 0.2) is 11.5 Å². The van der Waals surface area contributed by atoms with E-state index in [0.29, 0.717) is 30.5 Å². The van der Waals surface area contributed by atoms with E-state index in [1.54, 1.807) is 6.20 Å². The molecule has 154 valence electrons. The second kappa shape index (κ2) is 7.82. The van der Waals surface area contributed by atoms with Crippen molar-refractivity contribution in [1.29, 1.82) is 0 Å². The highest BCUT2D eigenvalue weighted by molar-refractivity contribution is 5.82. The number of carbonyl (C=O) groups is 1. The van der Waals surface area contributed by atoms with Gasteiger partial charge >= 0.3 is 0 Å². The van der Waals surface area contributed by atoms with Crippen LogP contribution in [0.25, 0.3) is 11.0 Å². The third-order valence-electron chi connectivity index (χ3n) is 5.55. The van der Waals surface area contributed by atoms with Gasteiger partial charge in [0, 0.05) is 25.9 Å². The van der Waals surface area contributed by atoms with E-state index in [9.17, 15) is 4.79 Å². The molecule has 7 heteroatoms. The van der Waals surface area contributed by atoms with Gasteiger partial charge < -0.3 is 19.1 Å². The van der Waals surface area contributed by atoms with Crippen molar-refractivity contribution in [3.63, 3.8) is 0 Å². The summed E-state index contributed by atoms with van der Waals surface area (Å²) in [6.07, 6.45) is 2.16. The molecule has 0 spiro atoms. The number of hydrogen-bond acceptors (Lipinski definition) is 6. The fraction of sp³-hybridized carbons (Fsp3) is 0.348. The molecular formula is C23H23N3O4. The van der Waals surface area contributed by atoms with Crippen molar-refractivity contribution < 1.29 is 19.0 Å². The van der Waals surface area contributed by atoms with E-state index in [1.165, 1.54) is 0 Å². The van der Waals surface area contributed by atoms with Crippen molar-refractivity contribution in [2.75, 3.05) is 13.1 Å². The number of rotatable bonds is 3. The number of nitrogens with zero attached hydrogens (tertiary/aromatic N) is 3. The Morgan fingerprint density at radius 3 is 2.43 bits per heavy atom. The molecule has 0 aliphatic carbocycles. The van der Waals surface area contributed by atoms with Crippen molar-refractivity contribution >= 4 is 16.9 Å². The summed E-state index contributed by atoms with van der Waals surface area (Å²) in [5, 5.41) is 0. The number of likely N-dealkylation sites (tertiary alicyclic amines) is 1. The van der Waals surface area contributed by atoms with E-state index in [4.69, 9.17) is 14.2 Å². The van der Waals surface area contributed by atoms with Crippen LogP contribution in [-0.4, -0.2) is 52.2 Å². The quantitative estimate of drug-likeness (QED) is 0.666. The Balaban J connectivity index is 1.20. The highest BCUT2D eigenvalue weighted by atomic mass is 16.6. The maximum Gasteiger partial charge on any atom is 0.267 e. The molecule has 0 bridgehead atoms.